The van der Waals surface area contributed by atoms with E-state index in [1.807, 2.05) is 34.6 Å². The van der Waals surface area contributed by atoms with Gasteiger partial charge in [0.05, 0.1) is 5.92 Å². The zero-order chi connectivity index (χ0) is 21.0. The van der Waals surface area contributed by atoms with Gasteiger partial charge in [0.15, 0.2) is 0 Å². The highest BCUT2D eigenvalue weighted by Gasteiger charge is 2.53. The quantitative estimate of drug-likeness (QED) is 0.567. The molecule has 0 aromatic heterocycles. The van der Waals surface area contributed by atoms with Crippen LogP contribution in [0.5, 0.6) is 0 Å². The smallest absolute Gasteiger partial charge is 0.307 e. The monoisotopic (exact) mass is 384 g/mol. The predicted molar refractivity (Wildman–Crippen MR) is 102 cm³/mol. The summed E-state index contributed by atoms with van der Waals surface area (Å²) < 4.78 is 5.44. The van der Waals surface area contributed by atoms with Crippen LogP contribution in [0.4, 0.5) is 0 Å². The summed E-state index contributed by atoms with van der Waals surface area (Å²) in [7, 11) is 0. The van der Waals surface area contributed by atoms with Crippen LogP contribution in [0.15, 0.2) is 0 Å². The van der Waals surface area contributed by atoms with Gasteiger partial charge in [-0.15, -0.1) is 0 Å². The van der Waals surface area contributed by atoms with E-state index >= 15 is 0 Å². The molecule has 0 unspecified atom stereocenters. The minimum atomic E-state index is -0.896. The Morgan fingerprint density at radius 3 is 2.22 bits per heavy atom. The second kappa shape index (κ2) is 8.61. The van der Waals surface area contributed by atoms with Gasteiger partial charge in [-0.25, -0.2) is 0 Å². The van der Waals surface area contributed by atoms with E-state index in [0.717, 1.165) is 12.8 Å². The van der Waals surface area contributed by atoms with Crippen molar-refractivity contribution in [3.8, 4) is 0 Å². The molecule has 0 saturated heterocycles. The number of carboxylic acids is 2. The van der Waals surface area contributed by atoms with Crippen molar-refractivity contribution in [2.75, 3.05) is 0 Å². The second-order valence-corrected chi connectivity index (χ2v) is 9.33. The minimum Gasteiger partial charge on any atom is -0.481 e. The number of hydrogen-bond acceptors (Lipinski definition) is 4. The van der Waals surface area contributed by atoms with Crippen LogP contribution in [0.1, 0.15) is 86.5 Å². The molecule has 1 aliphatic carbocycles. The molecule has 0 radical (unpaired) electrons. The van der Waals surface area contributed by atoms with Crippen molar-refractivity contribution >= 4 is 17.9 Å². The van der Waals surface area contributed by atoms with Gasteiger partial charge in [-0.2, -0.15) is 0 Å². The molecule has 0 heterocycles. The maximum absolute atomic E-state index is 12.2. The van der Waals surface area contributed by atoms with Crippen molar-refractivity contribution in [3.05, 3.63) is 0 Å². The summed E-state index contributed by atoms with van der Waals surface area (Å²) in [5, 5.41) is 19.5. The molecule has 4 atom stereocenters. The van der Waals surface area contributed by atoms with Crippen molar-refractivity contribution in [1.29, 1.82) is 0 Å². The zero-order valence-electron chi connectivity index (χ0n) is 17.6. The second-order valence-electron chi connectivity index (χ2n) is 9.33. The molecule has 1 aliphatic rings. The topological polar surface area (TPSA) is 101 Å². The Balaban J connectivity index is 3.16. The molecule has 0 amide bonds. The Bertz CT molecular complexity index is 569. The van der Waals surface area contributed by atoms with Crippen molar-refractivity contribution < 1.29 is 29.3 Å². The van der Waals surface area contributed by atoms with E-state index in [1.54, 1.807) is 0 Å². The Morgan fingerprint density at radius 1 is 1.19 bits per heavy atom. The summed E-state index contributed by atoms with van der Waals surface area (Å²) in [6, 6.07) is 0. The Labute approximate surface area is 162 Å². The van der Waals surface area contributed by atoms with Crippen molar-refractivity contribution in [2.45, 2.75) is 92.1 Å². The number of carboxylic acid groups (broad SMARTS) is 2. The summed E-state index contributed by atoms with van der Waals surface area (Å²) in [6.45, 7) is 11.1. The molecular formula is C21H36O6. The van der Waals surface area contributed by atoms with Crippen LogP contribution in [0.2, 0.25) is 0 Å². The van der Waals surface area contributed by atoms with Crippen LogP contribution < -0.4 is 0 Å². The van der Waals surface area contributed by atoms with E-state index in [-0.39, 0.29) is 23.7 Å². The third kappa shape index (κ3) is 5.69. The number of carbonyl (C=O) groups is 3. The lowest BCUT2D eigenvalue weighted by Crippen LogP contribution is -2.50. The Kier molecular flexibility index (Phi) is 7.48. The molecule has 1 fully saturated rings. The first kappa shape index (κ1) is 23.4. The molecule has 0 aliphatic heterocycles. The fourth-order valence-corrected chi connectivity index (χ4v) is 5.10. The van der Waals surface area contributed by atoms with Gasteiger partial charge in [0.1, 0.15) is 5.60 Å². The standard InChI is InChI=1S/C21H36O6/c1-7-20(5,27-14(2)22)12-9-15(18(25)26)21(6)11-8-10-19(3,4)16(21)13-17(23)24/h15-16H,7-13H2,1-6H3,(H,23,24)(H,25,26)/t15-,16-,20-,21+/m0/s1. The van der Waals surface area contributed by atoms with Crippen molar-refractivity contribution in [2.24, 2.45) is 22.7 Å². The largest absolute Gasteiger partial charge is 0.481 e. The van der Waals surface area contributed by atoms with Crippen LogP contribution >= 0.6 is 0 Å². The van der Waals surface area contributed by atoms with Gasteiger partial charge in [0, 0.05) is 13.3 Å². The first-order chi connectivity index (χ1) is 12.3. The summed E-state index contributed by atoms with van der Waals surface area (Å²) in [6.07, 6.45) is 3.85. The molecule has 0 aromatic carbocycles. The average Bonchev–Trinajstić information content (AvgIpc) is 2.50. The molecule has 2 N–H and O–H groups in total. The van der Waals surface area contributed by atoms with Crippen LogP contribution in [0.3, 0.4) is 0 Å². The molecule has 0 spiro atoms. The molecule has 0 bridgehead atoms. The fourth-order valence-electron chi connectivity index (χ4n) is 5.10. The van der Waals surface area contributed by atoms with Gasteiger partial charge in [-0.3, -0.25) is 14.4 Å². The molecule has 6 nitrogen and oxygen atoms in total. The third-order valence-corrected chi connectivity index (χ3v) is 6.85. The average molecular weight is 385 g/mol. The third-order valence-electron chi connectivity index (χ3n) is 6.85. The van der Waals surface area contributed by atoms with E-state index < -0.39 is 28.9 Å². The SMILES string of the molecule is CC[C@@](C)(CC[C@@H](C(=O)O)[C@@]1(C)CCCC(C)(C)[C@@H]1CC(=O)O)OC(C)=O. The van der Waals surface area contributed by atoms with E-state index in [1.165, 1.54) is 6.92 Å². The first-order valence-corrected chi connectivity index (χ1v) is 9.91. The molecule has 1 saturated carbocycles. The number of hydrogen-bond donors (Lipinski definition) is 2. The summed E-state index contributed by atoms with van der Waals surface area (Å²) in [5.74, 6) is -3.06. The summed E-state index contributed by atoms with van der Waals surface area (Å²) in [4.78, 5) is 35.2. The molecule has 1 rings (SSSR count). The van der Waals surface area contributed by atoms with Gasteiger partial charge < -0.3 is 14.9 Å². The van der Waals surface area contributed by atoms with E-state index in [2.05, 4.69) is 0 Å². The zero-order valence-corrected chi connectivity index (χ0v) is 17.6. The van der Waals surface area contributed by atoms with Crippen molar-refractivity contribution in [3.63, 3.8) is 0 Å². The first-order valence-electron chi connectivity index (χ1n) is 9.91. The highest BCUT2D eigenvalue weighted by atomic mass is 16.6. The summed E-state index contributed by atoms with van der Waals surface area (Å²) >= 11 is 0. The van der Waals surface area contributed by atoms with Crippen LogP contribution in [0.25, 0.3) is 0 Å². The highest BCUT2D eigenvalue weighted by Crippen LogP contribution is 2.57. The van der Waals surface area contributed by atoms with E-state index in [0.29, 0.717) is 25.7 Å². The van der Waals surface area contributed by atoms with Gasteiger partial charge in [0.25, 0.3) is 0 Å². The van der Waals surface area contributed by atoms with Gasteiger partial charge in [0.2, 0.25) is 0 Å². The predicted octanol–water partition coefficient (Wildman–Crippen LogP) is 4.51. The van der Waals surface area contributed by atoms with Crippen LogP contribution in [0, 0.1) is 22.7 Å². The molecular weight excluding hydrogens is 348 g/mol. The van der Waals surface area contributed by atoms with Gasteiger partial charge in [-0.1, -0.05) is 34.1 Å². The van der Waals surface area contributed by atoms with Crippen molar-refractivity contribution in [1.82, 2.24) is 0 Å². The van der Waals surface area contributed by atoms with Crippen LogP contribution in [-0.4, -0.2) is 33.7 Å². The maximum Gasteiger partial charge on any atom is 0.307 e. The lowest BCUT2D eigenvalue weighted by Gasteiger charge is -2.53. The molecule has 27 heavy (non-hydrogen) atoms. The van der Waals surface area contributed by atoms with E-state index in [4.69, 9.17) is 4.74 Å². The highest BCUT2D eigenvalue weighted by molar-refractivity contribution is 5.72. The maximum atomic E-state index is 12.2. The number of carbonyl (C=O) groups excluding carboxylic acids is 1. The van der Waals surface area contributed by atoms with Gasteiger partial charge in [-0.05, 0) is 55.8 Å². The fraction of sp³-hybridized carbons (Fsp3) is 0.857. The Morgan fingerprint density at radius 2 is 1.78 bits per heavy atom. The van der Waals surface area contributed by atoms with Gasteiger partial charge >= 0.3 is 17.9 Å². The lowest BCUT2D eigenvalue weighted by atomic mass is 9.51. The van der Waals surface area contributed by atoms with Crippen LogP contribution in [-0.2, 0) is 19.1 Å². The molecule has 6 heteroatoms. The number of aliphatic carboxylic acids is 2. The van der Waals surface area contributed by atoms with E-state index in [9.17, 15) is 24.6 Å². The normalized spacial score (nSPS) is 28.0. The minimum absolute atomic E-state index is 0.0255. The lowest BCUT2D eigenvalue weighted by molar-refractivity contribution is -0.162. The number of ether oxygens (including phenoxy) is 1. The molecule has 0 aromatic rings. The summed E-state index contributed by atoms with van der Waals surface area (Å²) in [5.41, 5.74) is -1.55. The Hall–Kier alpha value is -1.59. The molecule has 156 valence electrons. The number of esters is 1. The number of rotatable bonds is 9.